The number of nitrogens with zero attached hydrogens (tertiary/aromatic N) is 2. The average Bonchev–Trinajstić information content (AvgIpc) is 3.34. The van der Waals surface area contributed by atoms with Crippen molar-refractivity contribution in [3.63, 3.8) is 0 Å². The van der Waals surface area contributed by atoms with Crippen molar-refractivity contribution in [1.82, 2.24) is 15.2 Å². The SMILES string of the molecule is O=C(NCc1cccc2c1OCO2)N(Cc1cccnc1)C1CC1. The van der Waals surface area contributed by atoms with E-state index in [-0.39, 0.29) is 12.8 Å². The number of hydrogen-bond donors (Lipinski definition) is 1. The summed E-state index contributed by atoms with van der Waals surface area (Å²) < 4.78 is 10.9. The third-order valence-electron chi connectivity index (χ3n) is 4.23. The summed E-state index contributed by atoms with van der Waals surface area (Å²) in [6.45, 7) is 1.23. The monoisotopic (exact) mass is 325 g/mol. The fourth-order valence-electron chi connectivity index (χ4n) is 2.84. The second-order valence-electron chi connectivity index (χ2n) is 6.03. The number of fused-ring (bicyclic) bond motifs is 1. The number of rotatable bonds is 5. The molecular formula is C18H19N3O3. The standard InChI is InChI=1S/C18H19N3O3/c22-18(20-10-14-4-1-5-16-17(14)24-12-23-16)21(15-6-7-15)11-13-3-2-8-19-9-13/h1-5,8-9,15H,6-7,10-12H2,(H,20,22). The number of ether oxygens (including phenoxy) is 2. The molecule has 1 aliphatic carbocycles. The van der Waals surface area contributed by atoms with Crippen molar-refractivity contribution in [3.05, 3.63) is 53.9 Å². The van der Waals surface area contributed by atoms with Crippen molar-refractivity contribution in [2.45, 2.75) is 32.0 Å². The minimum Gasteiger partial charge on any atom is -0.454 e. The lowest BCUT2D eigenvalue weighted by Crippen LogP contribution is -2.40. The maximum Gasteiger partial charge on any atom is 0.318 e. The van der Waals surface area contributed by atoms with Crippen LogP contribution in [0.15, 0.2) is 42.7 Å². The van der Waals surface area contributed by atoms with Crippen LogP contribution in [0.4, 0.5) is 4.79 Å². The molecule has 0 atom stereocenters. The van der Waals surface area contributed by atoms with E-state index < -0.39 is 0 Å². The number of urea groups is 1. The summed E-state index contributed by atoms with van der Waals surface area (Å²) in [5.74, 6) is 1.46. The van der Waals surface area contributed by atoms with E-state index in [1.807, 2.05) is 35.2 Å². The molecule has 1 saturated carbocycles. The highest BCUT2D eigenvalue weighted by atomic mass is 16.7. The normalized spacial score (nSPS) is 15.2. The minimum atomic E-state index is -0.0575. The lowest BCUT2D eigenvalue weighted by atomic mass is 10.2. The number of carbonyl (C=O) groups excluding carboxylic acids is 1. The number of benzene rings is 1. The number of hydrogen-bond acceptors (Lipinski definition) is 4. The highest BCUT2D eigenvalue weighted by Gasteiger charge is 2.32. The summed E-state index contributed by atoms with van der Waals surface area (Å²) in [7, 11) is 0. The largest absolute Gasteiger partial charge is 0.454 e. The fourth-order valence-corrected chi connectivity index (χ4v) is 2.84. The Kier molecular flexibility index (Phi) is 3.94. The van der Waals surface area contributed by atoms with Crippen LogP contribution in [-0.4, -0.2) is 28.7 Å². The van der Waals surface area contributed by atoms with Crippen molar-refractivity contribution in [2.24, 2.45) is 0 Å². The predicted octanol–water partition coefficient (Wildman–Crippen LogP) is 2.68. The Hall–Kier alpha value is -2.76. The lowest BCUT2D eigenvalue weighted by molar-refractivity contribution is 0.173. The molecule has 0 spiro atoms. The van der Waals surface area contributed by atoms with Gasteiger partial charge < -0.3 is 19.7 Å². The van der Waals surface area contributed by atoms with Crippen LogP contribution in [0.25, 0.3) is 0 Å². The zero-order valence-corrected chi connectivity index (χ0v) is 13.3. The first-order valence-corrected chi connectivity index (χ1v) is 8.12. The molecule has 24 heavy (non-hydrogen) atoms. The molecule has 2 heterocycles. The van der Waals surface area contributed by atoms with Crippen molar-refractivity contribution in [1.29, 1.82) is 0 Å². The molecule has 6 heteroatoms. The Labute approximate surface area is 140 Å². The smallest absolute Gasteiger partial charge is 0.318 e. The number of aromatic nitrogens is 1. The molecular weight excluding hydrogens is 306 g/mol. The second-order valence-corrected chi connectivity index (χ2v) is 6.03. The van der Waals surface area contributed by atoms with E-state index in [0.717, 1.165) is 35.5 Å². The van der Waals surface area contributed by atoms with Crippen LogP contribution in [-0.2, 0) is 13.1 Å². The van der Waals surface area contributed by atoms with Gasteiger partial charge in [0.2, 0.25) is 6.79 Å². The van der Waals surface area contributed by atoms with E-state index >= 15 is 0 Å². The van der Waals surface area contributed by atoms with Gasteiger partial charge in [-0.2, -0.15) is 0 Å². The average molecular weight is 325 g/mol. The molecule has 0 saturated heterocycles. The van der Waals surface area contributed by atoms with Crippen LogP contribution in [0.1, 0.15) is 24.0 Å². The fraction of sp³-hybridized carbons (Fsp3) is 0.333. The molecule has 0 radical (unpaired) electrons. The Bertz CT molecular complexity index is 732. The van der Waals surface area contributed by atoms with Gasteiger partial charge in [-0.3, -0.25) is 4.98 Å². The maximum absolute atomic E-state index is 12.6. The maximum atomic E-state index is 12.6. The topological polar surface area (TPSA) is 63.7 Å². The molecule has 124 valence electrons. The Balaban J connectivity index is 1.42. The molecule has 1 fully saturated rings. The van der Waals surface area contributed by atoms with Gasteiger partial charge in [0.25, 0.3) is 0 Å². The Morgan fingerprint density at radius 3 is 2.96 bits per heavy atom. The van der Waals surface area contributed by atoms with Crippen molar-refractivity contribution < 1.29 is 14.3 Å². The van der Waals surface area contributed by atoms with Gasteiger partial charge in [0, 0.05) is 37.1 Å². The first-order chi connectivity index (χ1) is 11.8. The number of pyridine rings is 1. The first-order valence-electron chi connectivity index (χ1n) is 8.12. The lowest BCUT2D eigenvalue weighted by Gasteiger charge is -2.23. The molecule has 2 amide bonds. The van der Waals surface area contributed by atoms with E-state index in [4.69, 9.17) is 9.47 Å². The summed E-state index contributed by atoms with van der Waals surface area (Å²) in [6.07, 6.45) is 5.66. The summed E-state index contributed by atoms with van der Waals surface area (Å²) in [5.41, 5.74) is 1.97. The first kappa shape index (κ1) is 14.8. The molecule has 1 aromatic heterocycles. The van der Waals surface area contributed by atoms with Crippen LogP contribution in [0, 0.1) is 0 Å². The van der Waals surface area contributed by atoms with E-state index in [2.05, 4.69) is 10.3 Å². The number of carbonyl (C=O) groups is 1. The zero-order chi connectivity index (χ0) is 16.4. The van der Waals surface area contributed by atoms with Gasteiger partial charge in [0.1, 0.15) is 0 Å². The third kappa shape index (κ3) is 3.13. The van der Waals surface area contributed by atoms with Gasteiger partial charge in [0.05, 0.1) is 0 Å². The number of amides is 2. The third-order valence-corrected chi connectivity index (χ3v) is 4.23. The van der Waals surface area contributed by atoms with Crippen LogP contribution < -0.4 is 14.8 Å². The molecule has 1 N–H and O–H groups in total. The van der Waals surface area contributed by atoms with Crippen LogP contribution in [0.5, 0.6) is 11.5 Å². The summed E-state index contributed by atoms with van der Waals surface area (Å²) in [6, 6.07) is 9.87. The number of nitrogens with one attached hydrogen (secondary N) is 1. The van der Waals surface area contributed by atoms with Crippen molar-refractivity contribution >= 4 is 6.03 Å². The predicted molar refractivity (Wildman–Crippen MR) is 87.6 cm³/mol. The van der Waals surface area contributed by atoms with Crippen molar-refractivity contribution in [2.75, 3.05) is 6.79 Å². The summed E-state index contributed by atoms with van der Waals surface area (Å²) >= 11 is 0. The molecule has 2 aliphatic rings. The number of para-hydroxylation sites is 1. The molecule has 1 aliphatic heterocycles. The molecule has 4 rings (SSSR count). The molecule has 6 nitrogen and oxygen atoms in total. The van der Waals surface area contributed by atoms with E-state index in [1.54, 1.807) is 12.4 Å². The van der Waals surface area contributed by atoms with E-state index in [0.29, 0.717) is 19.1 Å². The van der Waals surface area contributed by atoms with Gasteiger partial charge in [0.15, 0.2) is 11.5 Å². The van der Waals surface area contributed by atoms with Gasteiger partial charge >= 0.3 is 6.03 Å². The van der Waals surface area contributed by atoms with Gasteiger partial charge in [-0.1, -0.05) is 18.2 Å². The summed E-state index contributed by atoms with van der Waals surface area (Å²) in [4.78, 5) is 18.6. The van der Waals surface area contributed by atoms with E-state index in [1.165, 1.54) is 0 Å². The molecule has 1 aromatic carbocycles. The minimum absolute atomic E-state index is 0.0575. The highest BCUT2D eigenvalue weighted by Crippen LogP contribution is 2.35. The highest BCUT2D eigenvalue weighted by molar-refractivity contribution is 5.75. The van der Waals surface area contributed by atoms with Crippen molar-refractivity contribution in [3.8, 4) is 11.5 Å². The van der Waals surface area contributed by atoms with Gasteiger partial charge in [-0.25, -0.2) is 4.79 Å². The summed E-state index contributed by atoms with van der Waals surface area (Å²) in [5, 5.41) is 3.00. The molecule has 0 bridgehead atoms. The molecule has 2 aromatic rings. The van der Waals surface area contributed by atoms with Crippen LogP contribution >= 0.6 is 0 Å². The second kappa shape index (κ2) is 6.39. The quantitative estimate of drug-likeness (QED) is 0.918. The van der Waals surface area contributed by atoms with E-state index in [9.17, 15) is 4.79 Å². The van der Waals surface area contributed by atoms with Gasteiger partial charge in [-0.05, 0) is 30.5 Å². The Morgan fingerprint density at radius 2 is 2.17 bits per heavy atom. The van der Waals surface area contributed by atoms with Crippen LogP contribution in [0.3, 0.4) is 0 Å². The van der Waals surface area contributed by atoms with Crippen LogP contribution in [0.2, 0.25) is 0 Å². The Morgan fingerprint density at radius 1 is 1.25 bits per heavy atom. The molecule has 0 unspecified atom stereocenters. The van der Waals surface area contributed by atoms with Gasteiger partial charge in [-0.15, -0.1) is 0 Å². The zero-order valence-electron chi connectivity index (χ0n) is 13.3.